The Morgan fingerprint density at radius 1 is 1.38 bits per heavy atom. The molecule has 0 radical (unpaired) electrons. The molecule has 5 heteroatoms. The number of nitrogens with zero attached hydrogens (tertiary/aromatic N) is 2. The average molecular weight is 282 g/mol. The molecule has 1 unspecified atom stereocenters. The number of benzene rings is 1. The molecule has 2 aromatic heterocycles. The Kier molecular flexibility index (Phi) is 3.25. The first-order chi connectivity index (χ1) is 10.1. The van der Waals surface area contributed by atoms with Gasteiger partial charge in [0.05, 0.1) is 6.04 Å². The molecule has 2 N–H and O–H groups in total. The fraction of sp³-hybridized carbons (Fsp3) is 0.250. The summed E-state index contributed by atoms with van der Waals surface area (Å²) >= 11 is 0. The minimum atomic E-state index is -0.163. The normalized spacial score (nSPS) is 12.5. The van der Waals surface area contributed by atoms with Crippen LogP contribution in [0, 0.1) is 6.92 Å². The summed E-state index contributed by atoms with van der Waals surface area (Å²) in [6.07, 6.45) is 1.94. The second kappa shape index (κ2) is 5.09. The summed E-state index contributed by atoms with van der Waals surface area (Å²) in [5, 5.41) is 8.23. The maximum absolute atomic E-state index is 11.7. The number of aromatic nitrogens is 3. The predicted octanol–water partition coefficient (Wildman–Crippen LogP) is 2.64. The summed E-state index contributed by atoms with van der Waals surface area (Å²) in [4.78, 5) is 14.9. The molecule has 1 atom stereocenters. The fourth-order valence-corrected chi connectivity index (χ4v) is 2.72. The van der Waals surface area contributed by atoms with Crippen LogP contribution in [0.5, 0.6) is 0 Å². The third kappa shape index (κ3) is 2.20. The van der Waals surface area contributed by atoms with Crippen LogP contribution < -0.4 is 5.32 Å². The number of rotatable bonds is 3. The van der Waals surface area contributed by atoms with Crippen LogP contribution >= 0.6 is 0 Å². The number of nitrogens with one attached hydrogen (secondary N) is 2. The van der Waals surface area contributed by atoms with E-state index < -0.39 is 0 Å². The van der Waals surface area contributed by atoms with Gasteiger partial charge in [-0.25, -0.2) is 0 Å². The Morgan fingerprint density at radius 2 is 2.19 bits per heavy atom. The van der Waals surface area contributed by atoms with Gasteiger partial charge in [-0.05, 0) is 37.6 Å². The molecule has 0 bridgehead atoms. The van der Waals surface area contributed by atoms with E-state index in [4.69, 9.17) is 0 Å². The van der Waals surface area contributed by atoms with E-state index in [9.17, 15) is 4.79 Å². The number of aryl methyl sites for hydroxylation is 1. The number of carbonyl (C=O) groups excluding carboxylic acids is 1. The highest BCUT2D eigenvalue weighted by Gasteiger charge is 2.17. The SMILES string of the molecule is CNC(=O)c1cc(C)n(C(C)c2cccc3[nH]ccc23)n1. The molecular formula is C16H18N4O. The van der Waals surface area contributed by atoms with Crippen molar-refractivity contribution in [1.82, 2.24) is 20.1 Å². The Balaban J connectivity index is 2.06. The number of hydrogen-bond donors (Lipinski definition) is 2. The lowest BCUT2D eigenvalue weighted by Crippen LogP contribution is -2.19. The summed E-state index contributed by atoms with van der Waals surface area (Å²) < 4.78 is 1.90. The second-order valence-electron chi connectivity index (χ2n) is 5.16. The Hall–Kier alpha value is -2.56. The number of hydrogen-bond acceptors (Lipinski definition) is 2. The average Bonchev–Trinajstić information content (AvgIpc) is 3.11. The van der Waals surface area contributed by atoms with Gasteiger partial charge in [0.2, 0.25) is 0 Å². The molecule has 3 rings (SSSR count). The number of fused-ring (bicyclic) bond motifs is 1. The van der Waals surface area contributed by atoms with E-state index >= 15 is 0 Å². The highest BCUT2D eigenvalue weighted by molar-refractivity contribution is 5.92. The molecule has 21 heavy (non-hydrogen) atoms. The Labute approximate surface area is 123 Å². The summed E-state index contributed by atoms with van der Waals surface area (Å²) in [6, 6.07) is 10.1. The van der Waals surface area contributed by atoms with Gasteiger partial charge in [-0.2, -0.15) is 5.10 Å². The van der Waals surface area contributed by atoms with Gasteiger partial charge in [0, 0.05) is 29.8 Å². The smallest absolute Gasteiger partial charge is 0.271 e. The highest BCUT2D eigenvalue weighted by atomic mass is 16.1. The van der Waals surface area contributed by atoms with Crippen LogP contribution in [-0.4, -0.2) is 27.7 Å². The Bertz CT molecular complexity index is 800. The van der Waals surface area contributed by atoms with E-state index in [1.54, 1.807) is 7.05 Å². The molecule has 0 saturated carbocycles. The number of H-pyrrole nitrogens is 1. The van der Waals surface area contributed by atoms with Gasteiger partial charge in [-0.1, -0.05) is 12.1 Å². The molecule has 2 heterocycles. The highest BCUT2D eigenvalue weighted by Crippen LogP contribution is 2.27. The van der Waals surface area contributed by atoms with Crippen molar-refractivity contribution in [2.75, 3.05) is 7.05 Å². The summed E-state index contributed by atoms with van der Waals surface area (Å²) in [6.45, 7) is 4.06. The molecule has 5 nitrogen and oxygen atoms in total. The maximum Gasteiger partial charge on any atom is 0.271 e. The van der Waals surface area contributed by atoms with E-state index in [1.165, 1.54) is 10.9 Å². The van der Waals surface area contributed by atoms with E-state index in [1.807, 2.05) is 29.9 Å². The van der Waals surface area contributed by atoms with Gasteiger partial charge in [0.1, 0.15) is 5.69 Å². The van der Waals surface area contributed by atoms with Gasteiger partial charge < -0.3 is 10.3 Å². The summed E-state index contributed by atoms with van der Waals surface area (Å²) in [7, 11) is 1.61. The van der Waals surface area contributed by atoms with Crippen LogP contribution in [-0.2, 0) is 0 Å². The third-order valence-electron chi connectivity index (χ3n) is 3.83. The van der Waals surface area contributed by atoms with Crippen molar-refractivity contribution in [3.05, 3.63) is 53.5 Å². The lowest BCUT2D eigenvalue weighted by Gasteiger charge is -2.16. The third-order valence-corrected chi connectivity index (χ3v) is 3.83. The van der Waals surface area contributed by atoms with E-state index in [0.29, 0.717) is 5.69 Å². The Morgan fingerprint density at radius 3 is 2.95 bits per heavy atom. The van der Waals surface area contributed by atoms with Gasteiger partial charge >= 0.3 is 0 Å². The van der Waals surface area contributed by atoms with Crippen LogP contribution in [0.3, 0.4) is 0 Å². The van der Waals surface area contributed by atoms with E-state index in [-0.39, 0.29) is 11.9 Å². The zero-order valence-electron chi connectivity index (χ0n) is 12.3. The largest absolute Gasteiger partial charge is 0.361 e. The first-order valence-corrected chi connectivity index (χ1v) is 6.96. The van der Waals surface area contributed by atoms with Crippen molar-refractivity contribution in [3.63, 3.8) is 0 Å². The van der Waals surface area contributed by atoms with Crippen LogP contribution in [0.2, 0.25) is 0 Å². The first-order valence-electron chi connectivity index (χ1n) is 6.96. The maximum atomic E-state index is 11.7. The quantitative estimate of drug-likeness (QED) is 0.775. The molecule has 0 fully saturated rings. The molecule has 3 aromatic rings. The monoisotopic (exact) mass is 282 g/mol. The van der Waals surface area contributed by atoms with Crippen molar-refractivity contribution >= 4 is 16.8 Å². The van der Waals surface area contributed by atoms with Crippen molar-refractivity contribution in [2.24, 2.45) is 0 Å². The van der Waals surface area contributed by atoms with E-state index in [2.05, 4.69) is 40.5 Å². The van der Waals surface area contributed by atoms with Gasteiger partial charge in [0.15, 0.2) is 0 Å². The van der Waals surface area contributed by atoms with Crippen molar-refractivity contribution in [2.45, 2.75) is 19.9 Å². The molecule has 1 aromatic carbocycles. The predicted molar refractivity (Wildman–Crippen MR) is 82.5 cm³/mol. The molecule has 1 amide bonds. The van der Waals surface area contributed by atoms with Crippen LogP contribution in [0.15, 0.2) is 36.5 Å². The fourth-order valence-electron chi connectivity index (χ4n) is 2.72. The van der Waals surface area contributed by atoms with Gasteiger partial charge in [-0.3, -0.25) is 9.48 Å². The van der Waals surface area contributed by atoms with Crippen LogP contribution in [0.25, 0.3) is 10.9 Å². The molecule has 108 valence electrons. The van der Waals surface area contributed by atoms with Crippen molar-refractivity contribution < 1.29 is 4.79 Å². The van der Waals surface area contributed by atoms with Gasteiger partial charge in [0.25, 0.3) is 5.91 Å². The minimum Gasteiger partial charge on any atom is -0.361 e. The molecule has 0 aliphatic heterocycles. The lowest BCUT2D eigenvalue weighted by molar-refractivity contribution is 0.0957. The standard InChI is InChI=1S/C16H18N4O/c1-10-9-15(16(21)17-3)19-20(10)11(2)12-5-4-6-14-13(12)7-8-18-14/h4-9,11,18H,1-3H3,(H,17,21). The molecule has 0 spiro atoms. The molecule has 0 saturated heterocycles. The molecule has 0 aliphatic rings. The lowest BCUT2D eigenvalue weighted by atomic mass is 10.0. The van der Waals surface area contributed by atoms with E-state index in [0.717, 1.165) is 11.2 Å². The number of amides is 1. The molecule has 0 aliphatic carbocycles. The topological polar surface area (TPSA) is 62.7 Å². The minimum absolute atomic E-state index is 0.0582. The number of aromatic amines is 1. The first kappa shape index (κ1) is 13.4. The van der Waals surface area contributed by atoms with Gasteiger partial charge in [-0.15, -0.1) is 0 Å². The van der Waals surface area contributed by atoms with Crippen LogP contribution in [0.4, 0.5) is 0 Å². The zero-order valence-corrected chi connectivity index (χ0v) is 12.3. The zero-order chi connectivity index (χ0) is 15.0. The van der Waals surface area contributed by atoms with Crippen LogP contribution in [0.1, 0.15) is 34.7 Å². The second-order valence-corrected chi connectivity index (χ2v) is 5.16. The summed E-state index contributed by atoms with van der Waals surface area (Å²) in [5.74, 6) is -0.163. The van der Waals surface area contributed by atoms with Crippen molar-refractivity contribution in [3.8, 4) is 0 Å². The molecular weight excluding hydrogens is 264 g/mol. The summed E-state index contributed by atoms with van der Waals surface area (Å²) in [5.41, 5.74) is 3.70. The van der Waals surface area contributed by atoms with Crippen molar-refractivity contribution in [1.29, 1.82) is 0 Å². The number of carbonyl (C=O) groups is 1.